The Kier molecular flexibility index (Phi) is 7.94. The van der Waals surface area contributed by atoms with Crippen molar-refractivity contribution < 1.29 is 14.3 Å². The second kappa shape index (κ2) is 11.1. The molecule has 6 heteroatoms. The monoisotopic (exact) mass is 547 g/mol. The van der Waals surface area contributed by atoms with E-state index in [2.05, 4.69) is 59.0 Å². The highest BCUT2D eigenvalue weighted by molar-refractivity contribution is 6.28. The topological polar surface area (TPSA) is 98.6 Å². The number of furan rings is 1. The lowest BCUT2D eigenvalue weighted by atomic mass is 9.79. The third kappa shape index (κ3) is 5.53. The highest BCUT2D eigenvalue weighted by Gasteiger charge is 2.33. The van der Waals surface area contributed by atoms with Gasteiger partial charge in [0, 0.05) is 27.8 Å². The maximum Gasteiger partial charge on any atom is 0.292 e. The van der Waals surface area contributed by atoms with Gasteiger partial charge in [-0.25, -0.2) is 4.99 Å². The Morgan fingerprint density at radius 3 is 2.10 bits per heavy atom. The van der Waals surface area contributed by atoms with Crippen LogP contribution in [-0.4, -0.2) is 16.7 Å². The number of nitrogens with one attached hydrogen (secondary N) is 1. The van der Waals surface area contributed by atoms with Gasteiger partial charge in [-0.2, -0.15) is 5.26 Å². The van der Waals surface area contributed by atoms with Crippen LogP contribution >= 0.6 is 0 Å². The predicted molar refractivity (Wildman–Crippen MR) is 166 cm³/mol. The van der Waals surface area contributed by atoms with Gasteiger partial charge in [0.1, 0.15) is 17.2 Å². The highest BCUT2D eigenvalue weighted by atomic mass is 16.5. The maximum atomic E-state index is 13.2. The zero-order valence-electron chi connectivity index (χ0n) is 25.0. The molecule has 0 spiro atoms. The Hall–Kier alpha value is -4.63. The van der Waals surface area contributed by atoms with E-state index in [1.165, 1.54) is 0 Å². The van der Waals surface area contributed by atoms with E-state index in [0.29, 0.717) is 33.7 Å². The Morgan fingerprint density at radius 2 is 1.51 bits per heavy atom. The van der Waals surface area contributed by atoms with Crippen LogP contribution in [0.3, 0.4) is 0 Å². The lowest BCUT2D eigenvalue weighted by Gasteiger charge is -2.25. The molecule has 1 aromatic heterocycles. The number of amides is 1. The standard InChI is InChI=1S/C33H31N3O3.C2H6/c1-32(2,3)19-16-23-26(31(38)39-29(23)25(17-19)33(4,5)6)28-22-15-11-10-14-21(22)27(36-28)24(18-34)30(37)35-20-12-8-7-9-13-20;1-2/h7-17,38H,1-6H3,(H,35,37);1-2H3/b27-24+;. The molecule has 0 bridgehead atoms. The number of rotatable bonds is 3. The van der Waals surface area contributed by atoms with E-state index in [0.717, 1.165) is 16.5 Å². The van der Waals surface area contributed by atoms with Crippen molar-refractivity contribution in [3.63, 3.8) is 0 Å². The molecule has 2 heterocycles. The van der Waals surface area contributed by atoms with Crippen LogP contribution in [0, 0.1) is 11.3 Å². The van der Waals surface area contributed by atoms with Gasteiger partial charge in [-0.15, -0.1) is 0 Å². The Balaban J connectivity index is 0.00000189. The van der Waals surface area contributed by atoms with Crippen LogP contribution in [0.5, 0.6) is 5.95 Å². The molecule has 41 heavy (non-hydrogen) atoms. The van der Waals surface area contributed by atoms with Gasteiger partial charge in [0.2, 0.25) is 0 Å². The summed E-state index contributed by atoms with van der Waals surface area (Å²) in [4.78, 5) is 18.0. The van der Waals surface area contributed by atoms with Gasteiger partial charge >= 0.3 is 0 Å². The van der Waals surface area contributed by atoms with Gasteiger partial charge in [0.05, 0.1) is 17.0 Å². The SMILES string of the molecule is CC.CC(C)(C)c1cc(C(C)(C)C)c2oc(O)c(C3=N/C(=C(\C#N)C(=O)Nc4ccccc4)c4ccccc43)c2c1. The van der Waals surface area contributed by atoms with Gasteiger partial charge in [-0.1, -0.05) is 104 Å². The smallest absolute Gasteiger partial charge is 0.292 e. The average Bonchev–Trinajstić information content (AvgIpc) is 3.46. The second-order valence-corrected chi connectivity index (χ2v) is 11.8. The largest absolute Gasteiger partial charge is 0.480 e. The lowest BCUT2D eigenvalue weighted by Crippen LogP contribution is -2.16. The molecule has 6 nitrogen and oxygen atoms in total. The third-order valence-electron chi connectivity index (χ3n) is 6.95. The van der Waals surface area contributed by atoms with Crippen LogP contribution in [0.15, 0.2) is 81.7 Å². The average molecular weight is 548 g/mol. The Morgan fingerprint density at radius 1 is 0.902 bits per heavy atom. The number of benzene rings is 3. The van der Waals surface area contributed by atoms with E-state index in [1.807, 2.05) is 50.2 Å². The number of nitrogens with zero attached hydrogens (tertiary/aromatic N) is 2. The molecule has 5 rings (SSSR count). The number of carbonyl (C=O) groups excluding carboxylic acids is 1. The Bertz CT molecular complexity index is 1720. The zero-order valence-corrected chi connectivity index (χ0v) is 25.0. The normalized spacial score (nSPS) is 14.0. The zero-order chi connectivity index (χ0) is 30.1. The number of anilines is 1. The van der Waals surface area contributed by atoms with Crippen molar-refractivity contribution in [3.05, 3.63) is 100 Å². The van der Waals surface area contributed by atoms with Gasteiger partial charge < -0.3 is 14.8 Å². The number of aromatic hydroxyl groups is 1. The van der Waals surface area contributed by atoms with Crippen LogP contribution in [0.4, 0.5) is 5.69 Å². The molecule has 0 fully saturated rings. The number of para-hydroxylation sites is 1. The fourth-order valence-electron chi connectivity index (χ4n) is 4.84. The van der Waals surface area contributed by atoms with E-state index >= 15 is 0 Å². The fraction of sp³-hybridized carbons (Fsp3) is 0.286. The molecular weight excluding hydrogens is 510 g/mol. The molecule has 0 aliphatic carbocycles. The van der Waals surface area contributed by atoms with Crippen LogP contribution in [-0.2, 0) is 15.6 Å². The summed E-state index contributed by atoms with van der Waals surface area (Å²) < 4.78 is 6.01. The first-order chi connectivity index (χ1) is 19.4. The van der Waals surface area contributed by atoms with Gasteiger partial charge in [-0.3, -0.25) is 4.79 Å². The third-order valence-corrected chi connectivity index (χ3v) is 6.95. The van der Waals surface area contributed by atoms with Crippen LogP contribution in [0.25, 0.3) is 16.7 Å². The van der Waals surface area contributed by atoms with E-state index < -0.39 is 5.91 Å². The van der Waals surface area contributed by atoms with Gasteiger partial charge in [-0.05, 0) is 34.6 Å². The number of carbonyl (C=O) groups is 1. The molecule has 0 radical (unpaired) electrons. The number of aliphatic imine (C=N–C) groups is 1. The quantitative estimate of drug-likeness (QED) is 0.198. The van der Waals surface area contributed by atoms with Crippen molar-refractivity contribution in [1.29, 1.82) is 5.26 Å². The molecule has 0 saturated heterocycles. The van der Waals surface area contributed by atoms with Gasteiger partial charge in [0.15, 0.2) is 0 Å². The van der Waals surface area contributed by atoms with Crippen molar-refractivity contribution in [2.45, 2.75) is 66.2 Å². The minimum Gasteiger partial charge on any atom is -0.480 e. The van der Waals surface area contributed by atoms with E-state index in [-0.39, 0.29) is 28.0 Å². The molecule has 0 saturated carbocycles. The first kappa shape index (κ1) is 29.4. The van der Waals surface area contributed by atoms with Gasteiger partial charge in [0.25, 0.3) is 11.9 Å². The molecular formula is C35H37N3O3. The predicted octanol–water partition coefficient (Wildman–Crippen LogP) is 8.48. The van der Waals surface area contributed by atoms with Crippen LogP contribution < -0.4 is 5.32 Å². The van der Waals surface area contributed by atoms with Crippen molar-refractivity contribution in [1.82, 2.24) is 0 Å². The number of hydrogen-bond donors (Lipinski definition) is 2. The molecule has 1 aliphatic rings. The lowest BCUT2D eigenvalue weighted by molar-refractivity contribution is -0.112. The summed E-state index contributed by atoms with van der Waals surface area (Å²) in [6.45, 7) is 16.8. The van der Waals surface area contributed by atoms with E-state index in [9.17, 15) is 15.2 Å². The summed E-state index contributed by atoms with van der Waals surface area (Å²) in [5.41, 5.74) is 5.28. The van der Waals surface area contributed by atoms with Crippen molar-refractivity contribution in [3.8, 4) is 12.0 Å². The molecule has 0 atom stereocenters. The molecule has 3 aromatic carbocycles. The summed E-state index contributed by atoms with van der Waals surface area (Å²) in [6.07, 6.45) is 0. The van der Waals surface area contributed by atoms with Crippen LogP contribution in [0.2, 0.25) is 0 Å². The van der Waals surface area contributed by atoms with Crippen molar-refractivity contribution >= 4 is 34.0 Å². The Labute approximate surface area is 242 Å². The minimum atomic E-state index is -0.551. The minimum absolute atomic E-state index is 0.112. The summed E-state index contributed by atoms with van der Waals surface area (Å²) in [5.74, 6) is -0.798. The highest BCUT2D eigenvalue weighted by Crippen LogP contribution is 2.44. The van der Waals surface area contributed by atoms with Crippen molar-refractivity contribution in [2.75, 3.05) is 5.32 Å². The summed E-state index contributed by atoms with van der Waals surface area (Å²) >= 11 is 0. The number of fused-ring (bicyclic) bond motifs is 2. The molecule has 0 unspecified atom stereocenters. The fourth-order valence-corrected chi connectivity index (χ4v) is 4.84. The number of nitriles is 1. The molecule has 1 amide bonds. The van der Waals surface area contributed by atoms with Crippen LogP contribution in [0.1, 0.15) is 83.2 Å². The molecule has 210 valence electrons. The molecule has 4 aromatic rings. The first-order valence-electron chi connectivity index (χ1n) is 13.9. The van der Waals surface area contributed by atoms with E-state index in [4.69, 9.17) is 9.41 Å². The molecule has 1 aliphatic heterocycles. The van der Waals surface area contributed by atoms with Crippen molar-refractivity contribution in [2.24, 2.45) is 4.99 Å². The summed E-state index contributed by atoms with van der Waals surface area (Å²) in [6, 6.07) is 22.6. The molecule has 2 N–H and O–H groups in total. The first-order valence-corrected chi connectivity index (χ1v) is 13.9. The van der Waals surface area contributed by atoms with E-state index in [1.54, 1.807) is 24.3 Å². The summed E-state index contributed by atoms with van der Waals surface area (Å²) in [5, 5.41) is 24.8. The summed E-state index contributed by atoms with van der Waals surface area (Å²) in [7, 11) is 0. The second-order valence-electron chi connectivity index (χ2n) is 11.8. The number of hydrogen-bond acceptors (Lipinski definition) is 5. The maximum absolute atomic E-state index is 13.2.